The standard InChI is InChI=1S/C14H19N3O3/c18-14(16-12-5-3-8-15-9-7-12)10-11-4-1-2-6-13(11)17(19)20/h1-2,4,6,12,15H,3,5,7-10H2,(H,16,18). The van der Waals surface area contributed by atoms with Gasteiger partial charge >= 0.3 is 0 Å². The van der Waals surface area contributed by atoms with Crippen LogP contribution >= 0.6 is 0 Å². The van der Waals surface area contributed by atoms with Crippen LogP contribution in [0, 0.1) is 10.1 Å². The molecule has 1 aliphatic rings. The molecule has 1 heterocycles. The number of hydrogen-bond donors (Lipinski definition) is 2. The van der Waals surface area contributed by atoms with Crippen molar-refractivity contribution in [3.05, 3.63) is 39.9 Å². The molecule has 0 aromatic heterocycles. The second-order valence-electron chi connectivity index (χ2n) is 5.01. The van der Waals surface area contributed by atoms with E-state index in [2.05, 4.69) is 10.6 Å². The molecule has 20 heavy (non-hydrogen) atoms. The molecule has 1 atom stereocenters. The van der Waals surface area contributed by atoms with Crippen LogP contribution in [0.25, 0.3) is 0 Å². The van der Waals surface area contributed by atoms with E-state index in [1.165, 1.54) is 6.07 Å². The number of para-hydroxylation sites is 1. The molecule has 1 fully saturated rings. The number of nitrogens with one attached hydrogen (secondary N) is 2. The maximum absolute atomic E-state index is 12.0. The zero-order valence-electron chi connectivity index (χ0n) is 11.3. The molecule has 1 aliphatic heterocycles. The van der Waals surface area contributed by atoms with E-state index in [1.807, 2.05) is 0 Å². The van der Waals surface area contributed by atoms with Gasteiger partial charge in [-0.15, -0.1) is 0 Å². The minimum absolute atomic E-state index is 0.00480. The molecule has 0 spiro atoms. The summed E-state index contributed by atoms with van der Waals surface area (Å²) in [4.78, 5) is 22.5. The lowest BCUT2D eigenvalue weighted by atomic mass is 10.1. The molecule has 1 saturated heterocycles. The van der Waals surface area contributed by atoms with Crippen molar-refractivity contribution in [1.82, 2.24) is 10.6 Å². The largest absolute Gasteiger partial charge is 0.353 e. The van der Waals surface area contributed by atoms with Crippen molar-refractivity contribution >= 4 is 11.6 Å². The number of carbonyl (C=O) groups excluding carboxylic acids is 1. The number of carbonyl (C=O) groups is 1. The molecule has 0 radical (unpaired) electrons. The van der Waals surface area contributed by atoms with Crippen LogP contribution in [0.15, 0.2) is 24.3 Å². The minimum Gasteiger partial charge on any atom is -0.353 e. The highest BCUT2D eigenvalue weighted by atomic mass is 16.6. The maximum Gasteiger partial charge on any atom is 0.273 e. The third kappa shape index (κ3) is 4.03. The first-order valence-electron chi connectivity index (χ1n) is 6.89. The molecule has 0 aliphatic carbocycles. The summed E-state index contributed by atoms with van der Waals surface area (Å²) in [5.41, 5.74) is 0.465. The number of nitro benzene ring substituents is 1. The SMILES string of the molecule is O=C(Cc1ccccc1[N+](=O)[O-])NC1CCCNCC1. The average Bonchev–Trinajstić information content (AvgIpc) is 2.67. The van der Waals surface area contributed by atoms with E-state index < -0.39 is 4.92 Å². The van der Waals surface area contributed by atoms with Gasteiger partial charge in [-0.05, 0) is 32.4 Å². The van der Waals surface area contributed by atoms with Gasteiger partial charge < -0.3 is 10.6 Å². The molecule has 6 nitrogen and oxygen atoms in total. The number of nitro groups is 1. The van der Waals surface area contributed by atoms with Crippen molar-refractivity contribution < 1.29 is 9.72 Å². The van der Waals surface area contributed by atoms with E-state index in [0.717, 1.165) is 32.4 Å². The molecular weight excluding hydrogens is 258 g/mol. The van der Waals surface area contributed by atoms with E-state index in [9.17, 15) is 14.9 Å². The zero-order chi connectivity index (χ0) is 14.4. The van der Waals surface area contributed by atoms with Crippen LogP contribution in [0.3, 0.4) is 0 Å². The van der Waals surface area contributed by atoms with E-state index >= 15 is 0 Å². The highest BCUT2D eigenvalue weighted by Crippen LogP contribution is 2.18. The van der Waals surface area contributed by atoms with Crippen molar-refractivity contribution in [2.24, 2.45) is 0 Å². The summed E-state index contributed by atoms with van der Waals surface area (Å²) in [5.74, 6) is -0.147. The predicted molar refractivity (Wildman–Crippen MR) is 75.5 cm³/mol. The molecule has 0 saturated carbocycles. The second-order valence-corrected chi connectivity index (χ2v) is 5.01. The maximum atomic E-state index is 12.0. The Balaban J connectivity index is 1.95. The van der Waals surface area contributed by atoms with Gasteiger partial charge in [0.1, 0.15) is 0 Å². The summed E-state index contributed by atoms with van der Waals surface area (Å²) < 4.78 is 0. The molecule has 6 heteroatoms. The van der Waals surface area contributed by atoms with Crippen molar-refractivity contribution in [3.8, 4) is 0 Å². The summed E-state index contributed by atoms with van der Waals surface area (Å²) in [5, 5.41) is 17.2. The van der Waals surface area contributed by atoms with Crippen LogP contribution in [0.1, 0.15) is 24.8 Å². The Morgan fingerprint density at radius 1 is 1.35 bits per heavy atom. The van der Waals surface area contributed by atoms with Crippen LogP contribution in [0.2, 0.25) is 0 Å². The van der Waals surface area contributed by atoms with Gasteiger partial charge in [0.25, 0.3) is 5.69 Å². The Morgan fingerprint density at radius 3 is 2.95 bits per heavy atom. The van der Waals surface area contributed by atoms with Gasteiger partial charge in [0.15, 0.2) is 0 Å². The normalized spacial score (nSPS) is 19.1. The Hall–Kier alpha value is -1.95. The van der Waals surface area contributed by atoms with Crippen LogP contribution in [0.4, 0.5) is 5.69 Å². The van der Waals surface area contributed by atoms with Crippen molar-refractivity contribution in [3.63, 3.8) is 0 Å². The van der Waals surface area contributed by atoms with Gasteiger partial charge in [0.05, 0.1) is 11.3 Å². The van der Waals surface area contributed by atoms with Crippen molar-refractivity contribution in [1.29, 1.82) is 0 Å². The number of hydrogen-bond acceptors (Lipinski definition) is 4. The predicted octanol–water partition coefficient (Wildman–Crippen LogP) is 1.40. The highest BCUT2D eigenvalue weighted by molar-refractivity contribution is 5.80. The van der Waals surface area contributed by atoms with Crippen molar-refractivity contribution in [2.75, 3.05) is 13.1 Å². The molecule has 1 aromatic carbocycles. The number of benzene rings is 1. The summed E-state index contributed by atoms with van der Waals surface area (Å²) in [6.07, 6.45) is 2.95. The van der Waals surface area contributed by atoms with E-state index in [-0.39, 0.29) is 24.1 Å². The summed E-state index contributed by atoms with van der Waals surface area (Å²) >= 11 is 0. The van der Waals surface area contributed by atoms with Gasteiger partial charge in [-0.25, -0.2) is 0 Å². The van der Waals surface area contributed by atoms with E-state index in [4.69, 9.17) is 0 Å². The van der Waals surface area contributed by atoms with Crippen LogP contribution in [-0.2, 0) is 11.2 Å². The lowest BCUT2D eigenvalue weighted by Gasteiger charge is -2.15. The number of amides is 1. The topological polar surface area (TPSA) is 84.3 Å². The quantitative estimate of drug-likeness (QED) is 0.643. The lowest BCUT2D eigenvalue weighted by molar-refractivity contribution is -0.385. The first-order valence-corrected chi connectivity index (χ1v) is 6.89. The smallest absolute Gasteiger partial charge is 0.273 e. The van der Waals surface area contributed by atoms with Crippen LogP contribution in [0.5, 0.6) is 0 Å². The summed E-state index contributed by atoms with van der Waals surface area (Å²) in [7, 11) is 0. The minimum atomic E-state index is -0.446. The Labute approximate surface area is 117 Å². The third-order valence-electron chi connectivity index (χ3n) is 3.48. The zero-order valence-corrected chi connectivity index (χ0v) is 11.3. The summed E-state index contributed by atoms with van der Waals surface area (Å²) in [6, 6.07) is 6.55. The van der Waals surface area contributed by atoms with E-state index in [0.29, 0.717) is 5.56 Å². The molecule has 2 rings (SSSR count). The van der Waals surface area contributed by atoms with Gasteiger partial charge in [-0.1, -0.05) is 18.2 Å². The summed E-state index contributed by atoms with van der Waals surface area (Å²) in [6.45, 7) is 1.88. The fraction of sp³-hybridized carbons (Fsp3) is 0.500. The number of rotatable bonds is 4. The Bertz CT molecular complexity index is 482. The molecule has 108 valence electrons. The molecule has 2 N–H and O–H groups in total. The fourth-order valence-corrected chi connectivity index (χ4v) is 2.45. The van der Waals surface area contributed by atoms with Crippen LogP contribution < -0.4 is 10.6 Å². The fourth-order valence-electron chi connectivity index (χ4n) is 2.45. The van der Waals surface area contributed by atoms with Gasteiger partial charge in [-0.3, -0.25) is 14.9 Å². The number of nitrogens with zero attached hydrogens (tertiary/aromatic N) is 1. The Morgan fingerprint density at radius 2 is 2.15 bits per heavy atom. The molecule has 1 unspecified atom stereocenters. The first-order chi connectivity index (χ1) is 9.66. The lowest BCUT2D eigenvalue weighted by Crippen LogP contribution is -2.36. The van der Waals surface area contributed by atoms with E-state index in [1.54, 1.807) is 18.2 Å². The first kappa shape index (κ1) is 14.5. The molecule has 0 bridgehead atoms. The highest BCUT2D eigenvalue weighted by Gasteiger charge is 2.18. The second kappa shape index (κ2) is 7.00. The van der Waals surface area contributed by atoms with Gasteiger partial charge in [-0.2, -0.15) is 0 Å². The van der Waals surface area contributed by atoms with Crippen LogP contribution in [-0.4, -0.2) is 30.0 Å². The average molecular weight is 277 g/mol. The third-order valence-corrected chi connectivity index (χ3v) is 3.48. The van der Waals surface area contributed by atoms with Crippen molar-refractivity contribution in [2.45, 2.75) is 31.7 Å². The molecule has 1 amide bonds. The van der Waals surface area contributed by atoms with Gasteiger partial charge in [0, 0.05) is 17.7 Å². The van der Waals surface area contributed by atoms with Gasteiger partial charge in [0.2, 0.25) is 5.91 Å². The molecular formula is C14H19N3O3. The monoisotopic (exact) mass is 277 g/mol. The molecule has 1 aromatic rings. The Kier molecular flexibility index (Phi) is 5.06.